The molecule has 0 atom stereocenters. The first-order valence-electron chi connectivity index (χ1n) is 5.83. The predicted molar refractivity (Wildman–Crippen MR) is 70.0 cm³/mol. The van der Waals surface area contributed by atoms with E-state index in [1.165, 1.54) is 6.33 Å². The van der Waals surface area contributed by atoms with Crippen LogP contribution < -0.4 is 5.32 Å². The molecule has 94 valence electrons. The number of hydrogen-bond acceptors (Lipinski definition) is 5. The molecule has 1 fully saturated rings. The molecule has 0 aromatic carbocycles. The minimum Gasteiger partial charge on any atom is -0.480 e. The van der Waals surface area contributed by atoms with Crippen LogP contribution in [0, 0.1) is 6.92 Å². The van der Waals surface area contributed by atoms with Crippen molar-refractivity contribution in [2.45, 2.75) is 31.7 Å². The smallest absolute Gasteiger partial charge is 0.329 e. The first kappa shape index (κ1) is 11.4. The number of fused-ring (bicyclic) bond motifs is 1. The van der Waals surface area contributed by atoms with E-state index >= 15 is 0 Å². The highest BCUT2D eigenvalue weighted by atomic mass is 32.1. The van der Waals surface area contributed by atoms with Gasteiger partial charge in [-0.25, -0.2) is 14.8 Å². The van der Waals surface area contributed by atoms with Gasteiger partial charge in [-0.2, -0.15) is 0 Å². The maximum absolute atomic E-state index is 11.3. The Labute approximate surface area is 108 Å². The molecule has 2 aromatic rings. The van der Waals surface area contributed by atoms with Gasteiger partial charge in [-0.1, -0.05) is 0 Å². The number of nitrogens with zero attached hydrogens (tertiary/aromatic N) is 2. The summed E-state index contributed by atoms with van der Waals surface area (Å²) in [6, 6.07) is 2.00. The zero-order valence-electron chi connectivity index (χ0n) is 9.93. The summed E-state index contributed by atoms with van der Waals surface area (Å²) >= 11 is 1.59. The topological polar surface area (TPSA) is 75.1 Å². The Morgan fingerprint density at radius 1 is 1.50 bits per heavy atom. The number of nitrogens with one attached hydrogen (secondary N) is 1. The monoisotopic (exact) mass is 263 g/mol. The maximum atomic E-state index is 11.3. The second-order valence-corrected chi connectivity index (χ2v) is 5.90. The van der Waals surface area contributed by atoms with E-state index < -0.39 is 11.5 Å². The molecule has 5 nitrogen and oxygen atoms in total. The normalized spacial score (nSPS) is 17.4. The van der Waals surface area contributed by atoms with Gasteiger partial charge < -0.3 is 10.4 Å². The molecular weight excluding hydrogens is 250 g/mol. The van der Waals surface area contributed by atoms with Crippen molar-refractivity contribution in [2.24, 2.45) is 0 Å². The van der Waals surface area contributed by atoms with E-state index in [-0.39, 0.29) is 0 Å². The lowest BCUT2D eigenvalue weighted by Crippen LogP contribution is -2.52. The van der Waals surface area contributed by atoms with Crippen LogP contribution in [0.5, 0.6) is 0 Å². The third-order valence-electron chi connectivity index (χ3n) is 3.43. The van der Waals surface area contributed by atoms with Crippen LogP contribution in [0.25, 0.3) is 10.2 Å². The molecule has 2 heterocycles. The maximum Gasteiger partial charge on any atom is 0.329 e. The van der Waals surface area contributed by atoms with Crippen LogP contribution >= 0.6 is 11.3 Å². The Balaban J connectivity index is 2.02. The van der Waals surface area contributed by atoms with Gasteiger partial charge in [0.25, 0.3) is 0 Å². The molecule has 2 N–H and O–H groups in total. The number of thiophene rings is 1. The van der Waals surface area contributed by atoms with Crippen LogP contribution in [0.3, 0.4) is 0 Å². The van der Waals surface area contributed by atoms with Crippen molar-refractivity contribution in [3.05, 3.63) is 17.3 Å². The number of aliphatic carboxylic acids is 1. The van der Waals surface area contributed by atoms with Gasteiger partial charge in [0.15, 0.2) is 0 Å². The highest BCUT2D eigenvalue weighted by Crippen LogP contribution is 2.37. The lowest BCUT2D eigenvalue weighted by atomic mass is 9.77. The number of anilines is 1. The lowest BCUT2D eigenvalue weighted by molar-refractivity contribution is -0.145. The number of hydrogen-bond donors (Lipinski definition) is 2. The average molecular weight is 263 g/mol. The van der Waals surface area contributed by atoms with Crippen molar-refractivity contribution in [2.75, 3.05) is 5.32 Å². The highest BCUT2D eigenvalue weighted by molar-refractivity contribution is 7.18. The Kier molecular flexibility index (Phi) is 2.48. The molecule has 0 spiro atoms. The van der Waals surface area contributed by atoms with E-state index in [1.807, 2.05) is 13.0 Å². The van der Waals surface area contributed by atoms with Crippen LogP contribution in [-0.4, -0.2) is 26.6 Å². The van der Waals surface area contributed by atoms with Crippen molar-refractivity contribution in [3.63, 3.8) is 0 Å². The van der Waals surface area contributed by atoms with Crippen molar-refractivity contribution < 1.29 is 9.90 Å². The first-order valence-corrected chi connectivity index (χ1v) is 6.65. The summed E-state index contributed by atoms with van der Waals surface area (Å²) in [5, 5.41) is 13.3. The van der Waals surface area contributed by atoms with Gasteiger partial charge in [-0.3, -0.25) is 0 Å². The third-order valence-corrected chi connectivity index (χ3v) is 4.39. The van der Waals surface area contributed by atoms with Crippen LogP contribution in [0.15, 0.2) is 12.4 Å². The fourth-order valence-corrected chi connectivity index (χ4v) is 3.07. The Morgan fingerprint density at radius 3 is 2.89 bits per heavy atom. The van der Waals surface area contributed by atoms with Gasteiger partial charge in [-0.15, -0.1) is 11.3 Å². The molecular formula is C12H13N3O2S. The van der Waals surface area contributed by atoms with Gasteiger partial charge in [0, 0.05) is 4.88 Å². The second kappa shape index (κ2) is 3.91. The predicted octanol–water partition coefficient (Wildman–Crippen LogP) is 2.42. The summed E-state index contributed by atoms with van der Waals surface area (Å²) < 4.78 is 0. The molecule has 0 aliphatic heterocycles. The second-order valence-electron chi connectivity index (χ2n) is 4.66. The Hall–Kier alpha value is -1.69. The zero-order valence-corrected chi connectivity index (χ0v) is 10.8. The standard InChI is InChI=1S/C12H13N3O2S/c1-7-5-8-9(13-6-14-10(8)18-7)15-12(11(16)17)3-2-4-12/h5-6H,2-4H2,1H3,(H,16,17)(H,13,14,15). The molecule has 1 aliphatic rings. The van der Waals surface area contributed by atoms with Gasteiger partial charge in [0.1, 0.15) is 22.5 Å². The molecule has 0 saturated heterocycles. The summed E-state index contributed by atoms with van der Waals surface area (Å²) in [7, 11) is 0. The van der Waals surface area contributed by atoms with E-state index in [1.54, 1.807) is 11.3 Å². The molecule has 2 aromatic heterocycles. The molecule has 0 bridgehead atoms. The van der Waals surface area contributed by atoms with Gasteiger partial charge in [0.2, 0.25) is 0 Å². The Bertz CT molecular complexity index is 619. The number of carboxylic acid groups (broad SMARTS) is 1. The van der Waals surface area contributed by atoms with Crippen molar-refractivity contribution in [3.8, 4) is 0 Å². The quantitative estimate of drug-likeness (QED) is 0.889. The number of aryl methyl sites for hydroxylation is 1. The van der Waals surface area contributed by atoms with Crippen molar-refractivity contribution in [1.82, 2.24) is 9.97 Å². The van der Waals surface area contributed by atoms with Crippen LogP contribution in [0.1, 0.15) is 24.1 Å². The largest absolute Gasteiger partial charge is 0.480 e. The van der Waals surface area contributed by atoms with Crippen molar-refractivity contribution in [1.29, 1.82) is 0 Å². The fourth-order valence-electron chi connectivity index (χ4n) is 2.22. The van der Waals surface area contributed by atoms with E-state index in [0.717, 1.165) is 21.5 Å². The van der Waals surface area contributed by atoms with E-state index in [2.05, 4.69) is 15.3 Å². The van der Waals surface area contributed by atoms with E-state index in [4.69, 9.17) is 0 Å². The van der Waals surface area contributed by atoms with Crippen LogP contribution in [0.4, 0.5) is 5.82 Å². The molecule has 6 heteroatoms. The number of carboxylic acids is 1. The lowest BCUT2D eigenvalue weighted by Gasteiger charge is -2.38. The molecule has 0 radical (unpaired) electrons. The van der Waals surface area contributed by atoms with Gasteiger partial charge >= 0.3 is 5.97 Å². The molecule has 3 rings (SSSR count). The minimum atomic E-state index is -0.836. The number of rotatable bonds is 3. The summed E-state index contributed by atoms with van der Waals surface area (Å²) in [6.45, 7) is 2.01. The van der Waals surface area contributed by atoms with Gasteiger partial charge in [0.05, 0.1) is 5.39 Å². The fraction of sp³-hybridized carbons (Fsp3) is 0.417. The van der Waals surface area contributed by atoms with Gasteiger partial charge in [-0.05, 0) is 32.3 Å². The van der Waals surface area contributed by atoms with Crippen LogP contribution in [-0.2, 0) is 4.79 Å². The first-order chi connectivity index (χ1) is 8.61. The third kappa shape index (κ3) is 1.64. The molecule has 0 amide bonds. The highest BCUT2D eigenvalue weighted by Gasteiger charge is 2.45. The summed E-state index contributed by atoms with van der Waals surface area (Å²) in [4.78, 5) is 21.8. The number of aromatic nitrogens is 2. The average Bonchev–Trinajstić information content (AvgIpc) is 2.63. The zero-order chi connectivity index (χ0) is 12.8. The summed E-state index contributed by atoms with van der Waals surface area (Å²) in [5.74, 6) is -0.168. The van der Waals surface area contributed by atoms with Crippen LogP contribution in [0.2, 0.25) is 0 Å². The SMILES string of the molecule is Cc1cc2c(NC3(C(=O)O)CCC3)ncnc2s1. The molecule has 18 heavy (non-hydrogen) atoms. The molecule has 0 unspecified atom stereocenters. The molecule has 1 saturated carbocycles. The number of carbonyl (C=O) groups is 1. The minimum absolute atomic E-state index is 0.631. The van der Waals surface area contributed by atoms with Crippen molar-refractivity contribution >= 4 is 33.3 Å². The summed E-state index contributed by atoms with van der Waals surface area (Å²) in [6.07, 6.45) is 3.72. The summed E-state index contributed by atoms with van der Waals surface area (Å²) in [5.41, 5.74) is -0.836. The molecule has 1 aliphatic carbocycles. The van der Waals surface area contributed by atoms with E-state index in [0.29, 0.717) is 18.7 Å². The van der Waals surface area contributed by atoms with E-state index in [9.17, 15) is 9.90 Å². The Morgan fingerprint density at radius 2 is 2.28 bits per heavy atom.